The number of rotatable bonds is 11. The van der Waals surface area contributed by atoms with Gasteiger partial charge in [-0.1, -0.05) is 24.3 Å². The molecular formula is C28H31N3O6S. The van der Waals surface area contributed by atoms with Crippen molar-refractivity contribution >= 4 is 23.3 Å². The SMILES string of the molecule is COCCOC(=O)C1=C(C)NC(C)=C(C(=O)OCCOC)C1c1cn(-c2ccccc2)nc1-c1cccs1. The minimum atomic E-state index is -0.782. The van der Waals surface area contributed by atoms with Crippen LogP contribution in [0.2, 0.25) is 0 Å². The van der Waals surface area contributed by atoms with Gasteiger partial charge in [0, 0.05) is 37.4 Å². The number of ether oxygens (including phenoxy) is 4. The molecule has 10 heteroatoms. The quantitative estimate of drug-likeness (QED) is 0.287. The van der Waals surface area contributed by atoms with Crippen LogP contribution >= 0.6 is 11.3 Å². The van der Waals surface area contributed by atoms with Gasteiger partial charge in [0.15, 0.2) is 0 Å². The summed E-state index contributed by atoms with van der Waals surface area (Å²) in [5, 5.41) is 10.1. The molecule has 200 valence electrons. The number of benzene rings is 1. The van der Waals surface area contributed by atoms with E-state index in [4.69, 9.17) is 24.0 Å². The van der Waals surface area contributed by atoms with Crippen LogP contribution in [0.5, 0.6) is 0 Å². The summed E-state index contributed by atoms with van der Waals surface area (Å²) in [6.07, 6.45) is 1.87. The van der Waals surface area contributed by atoms with Crippen LogP contribution in [0.15, 0.2) is 76.6 Å². The second-order valence-electron chi connectivity index (χ2n) is 8.58. The van der Waals surface area contributed by atoms with E-state index in [1.807, 2.05) is 54.0 Å². The zero-order valence-electron chi connectivity index (χ0n) is 21.9. The Kier molecular flexibility index (Phi) is 9.11. The number of methoxy groups -OCH3 is 2. The van der Waals surface area contributed by atoms with Crippen LogP contribution in [-0.4, -0.2) is 62.4 Å². The van der Waals surface area contributed by atoms with Crippen LogP contribution in [0.3, 0.4) is 0 Å². The van der Waals surface area contributed by atoms with Crippen LogP contribution in [0.1, 0.15) is 25.3 Å². The Morgan fingerprint density at radius 2 is 1.50 bits per heavy atom. The van der Waals surface area contributed by atoms with Crippen LogP contribution in [-0.2, 0) is 28.5 Å². The summed E-state index contributed by atoms with van der Waals surface area (Å²) in [5.41, 5.74) is 4.02. The fraction of sp³-hybridized carbons (Fsp3) is 0.321. The number of allylic oxidation sites excluding steroid dienone is 2. The second-order valence-corrected chi connectivity index (χ2v) is 9.53. The van der Waals surface area contributed by atoms with Crippen molar-refractivity contribution in [1.82, 2.24) is 15.1 Å². The number of thiophene rings is 1. The third kappa shape index (κ3) is 5.88. The Bertz CT molecular complexity index is 1280. The van der Waals surface area contributed by atoms with Crippen LogP contribution in [0.4, 0.5) is 0 Å². The van der Waals surface area contributed by atoms with E-state index in [0.717, 1.165) is 10.6 Å². The van der Waals surface area contributed by atoms with Gasteiger partial charge in [-0.15, -0.1) is 11.3 Å². The van der Waals surface area contributed by atoms with Gasteiger partial charge >= 0.3 is 11.9 Å². The lowest BCUT2D eigenvalue weighted by molar-refractivity contribution is -0.141. The molecule has 9 nitrogen and oxygen atoms in total. The number of aromatic nitrogens is 2. The lowest BCUT2D eigenvalue weighted by Crippen LogP contribution is -2.33. The standard InChI is InChI=1S/C28H31N3O6S/c1-18-23(27(32)36-14-12-34-3)25(24(19(2)29-18)28(33)37-15-13-35-4)21-17-31(20-9-6-5-7-10-20)30-26(21)22-11-8-16-38-22/h5-11,16-17,25,29H,12-15H2,1-4H3. The van der Waals surface area contributed by atoms with Gasteiger partial charge in [-0.3, -0.25) is 0 Å². The van der Waals surface area contributed by atoms with Gasteiger partial charge in [0.05, 0.1) is 40.8 Å². The number of esters is 2. The van der Waals surface area contributed by atoms with Crippen LogP contribution in [0.25, 0.3) is 16.3 Å². The van der Waals surface area contributed by atoms with Crippen LogP contribution in [0, 0.1) is 0 Å². The van der Waals surface area contributed by atoms with Crippen molar-refractivity contribution in [3.8, 4) is 16.3 Å². The molecule has 38 heavy (non-hydrogen) atoms. The summed E-state index contributed by atoms with van der Waals surface area (Å²) >= 11 is 1.53. The van der Waals surface area contributed by atoms with Crippen molar-refractivity contribution in [2.24, 2.45) is 0 Å². The summed E-state index contributed by atoms with van der Waals surface area (Å²) in [7, 11) is 3.07. The number of carbonyl (C=O) groups is 2. The zero-order chi connectivity index (χ0) is 27.1. The molecule has 1 N–H and O–H groups in total. The first kappa shape index (κ1) is 27.3. The first-order chi connectivity index (χ1) is 18.5. The zero-order valence-corrected chi connectivity index (χ0v) is 22.7. The molecule has 0 bridgehead atoms. The third-order valence-corrected chi connectivity index (χ3v) is 6.95. The van der Waals surface area contributed by atoms with E-state index < -0.39 is 17.9 Å². The number of hydrogen-bond donors (Lipinski definition) is 1. The number of para-hydroxylation sites is 1. The maximum atomic E-state index is 13.5. The molecule has 0 unspecified atom stereocenters. The molecule has 0 aliphatic carbocycles. The molecule has 0 fully saturated rings. The molecule has 1 aromatic carbocycles. The molecule has 3 aromatic rings. The highest BCUT2D eigenvalue weighted by Gasteiger charge is 2.40. The first-order valence-electron chi connectivity index (χ1n) is 12.2. The number of dihydropyridines is 1. The van der Waals surface area contributed by atoms with Gasteiger partial charge in [-0.25, -0.2) is 14.3 Å². The number of carbonyl (C=O) groups excluding carboxylic acids is 2. The van der Waals surface area contributed by atoms with Gasteiger partial charge in [-0.05, 0) is 37.4 Å². The van der Waals surface area contributed by atoms with E-state index in [0.29, 0.717) is 33.8 Å². The monoisotopic (exact) mass is 537 g/mol. The fourth-order valence-electron chi connectivity index (χ4n) is 4.35. The molecule has 0 spiro atoms. The Morgan fingerprint density at radius 1 is 0.895 bits per heavy atom. The lowest BCUT2D eigenvalue weighted by atomic mass is 9.80. The molecular weight excluding hydrogens is 506 g/mol. The molecule has 0 saturated heterocycles. The van der Waals surface area contributed by atoms with Gasteiger partial charge in [0.1, 0.15) is 18.9 Å². The summed E-state index contributed by atoms with van der Waals surface area (Å²) in [5.74, 6) is -1.87. The first-order valence-corrected chi connectivity index (χ1v) is 13.0. The molecule has 1 aliphatic rings. The molecule has 3 heterocycles. The molecule has 1 aliphatic heterocycles. The normalized spacial score (nSPS) is 14.0. The van der Waals surface area contributed by atoms with Crippen molar-refractivity contribution in [1.29, 1.82) is 0 Å². The van der Waals surface area contributed by atoms with Gasteiger partial charge in [0.2, 0.25) is 0 Å². The maximum Gasteiger partial charge on any atom is 0.336 e. The Morgan fingerprint density at radius 3 is 2.03 bits per heavy atom. The van der Waals surface area contributed by atoms with Crippen molar-refractivity contribution in [2.45, 2.75) is 19.8 Å². The average molecular weight is 538 g/mol. The van der Waals surface area contributed by atoms with E-state index in [9.17, 15) is 9.59 Å². The Labute approximate surface area is 225 Å². The minimum absolute atomic E-state index is 0.0796. The van der Waals surface area contributed by atoms with E-state index in [1.54, 1.807) is 18.5 Å². The lowest BCUT2D eigenvalue weighted by Gasteiger charge is -2.30. The largest absolute Gasteiger partial charge is 0.460 e. The van der Waals surface area contributed by atoms with E-state index >= 15 is 0 Å². The predicted octanol–water partition coefficient (Wildman–Crippen LogP) is 4.21. The minimum Gasteiger partial charge on any atom is -0.460 e. The van der Waals surface area contributed by atoms with E-state index in [1.165, 1.54) is 25.6 Å². The predicted molar refractivity (Wildman–Crippen MR) is 144 cm³/mol. The van der Waals surface area contributed by atoms with Gasteiger partial charge in [0.25, 0.3) is 0 Å². The van der Waals surface area contributed by atoms with Crippen molar-refractivity contribution < 1.29 is 28.5 Å². The summed E-state index contributed by atoms with van der Waals surface area (Å²) in [6, 6.07) is 13.6. The molecule has 0 radical (unpaired) electrons. The van der Waals surface area contributed by atoms with Crippen LogP contribution < -0.4 is 5.32 Å². The number of hydrogen-bond acceptors (Lipinski definition) is 9. The topological polar surface area (TPSA) is 101 Å². The average Bonchev–Trinajstić information content (AvgIpc) is 3.59. The van der Waals surface area contributed by atoms with E-state index in [-0.39, 0.29) is 26.4 Å². The van der Waals surface area contributed by atoms with Gasteiger partial charge < -0.3 is 24.3 Å². The van der Waals surface area contributed by atoms with Crippen molar-refractivity contribution in [2.75, 3.05) is 40.6 Å². The fourth-order valence-corrected chi connectivity index (χ4v) is 5.08. The van der Waals surface area contributed by atoms with E-state index in [2.05, 4.69) is 5.32 Å². The van der Waals surface area contributed by atoms with Crippen molar-refractivity contribution in [3.63, 3.8) is 0 Å². The highest BCUT2D eigenvalue weighted by molar-refractivity contribution is 7.13. The highest BCUT2D eigenvalue weighted by Crippen LogP contribution is 2.43. The van der Waals surface area contributed by atoms with Gasteiger partial charge in [-0.2, -0.15) is 5.10 Å². The Hall–Kier alpha value is -3.73. The summed E-state index contributed by atoms with van der Waals surface area (Å²) in [4.78, 5) is 27.9. The van der Waals surface area contributed by atoms with Crippen molar-refractivity contribution in [3.05, 3.63) is 82.1 Å². The maximum absolute atomic E-state index is 13.5. The summed E-state index contributed by atoms with van der Waals surface area (Å²) in [6.45, 7) is 4.25. The summed E-state index contributed by atoms with van der Waals surface area (Å²) < 4.78 is 23.0. The molecule has 0 atom stereocenters. The molecule has 4 rings (SSSR count). The second kappa shape index (κ2) is 12.7. The highest BCUT2D eigenvalue weighted by atomic mass is 32.1. The smallest absolute Gasteiger partial charge is 0.336 e. The number of nitrogens with one attached hydrogen (secondary N) is 1. The Balaban J connectivity index is 1.89. The third-order valence-electron chi connectivity index (χ3n) is 6.07. The molecule has 2 aromatic heterocycles. The molecule has 0 amide bonds. The molecule has 0 saturated carbocycles. The number of nitrogens with zero attached hydrogens (tertiary/aromatic N) is 2.